The third-order valence-electron chi connectivity index (χ3n) is 3.54. The van der Waals surface area contributed by atoms with Crippen LogP contribution in [0.3, 0.4) is 0 Å². The Balaban J connectivity index is 1.99. The van der Waals surface area contributed by atoms with Gasteiger partial charge in [-0.15, -0.1) is 0 Å². The van der Waals surface area contributed by atoms with Crippen LogP contribution < -0.4 is 4.90 Å². The van der Waals surface area contributed by atoms with Crippen molar-refractivity contribution in [2.75, 3.05) is 18.6 Å². The van der Waals surface area contributed by atoms with Gasteiger partial charge in [-0.3, -0.25) is 5.10 Å². The number of pyridine rings is 1. The van der Waals surface area contributed by atoms with Gasteiger partial charge in [0.1, 0.15) is 5.15 Å². The van der Waals surface area contributed by atoms with Crippen LogP contribution in [-0.4, -0.2) is 41.0 Å². The SMILES string of the molecule is COC1CC(C)N(c2n[nH]c3cc(Cl)ncc23)C1. The number of hydrogen-bond acceptors (Lipinski definition) is 4. The van der Waals surface area contributed by atoms with Crippen molar-refractivity contribution < 1.29 is 4.74 Å². The number of fused-ring (bicyclic) bond motifs is 1. The molecule has 0 bridgehead atoms. The summed E-state index contributed by atoms with van der Waals surface area (Å²) in [5.41, 5.74) is 0.915. The van der Waals surface area contributed by atoms with E-state index in [1.807, 2.05) is 0 Å². The number of aromatic amines is 1. The second-order valence-corrected chi connectivity index (χ2v) is 5.08. The molecular weight excluding hydrogens is 252 g/mol. The van der Waals surface area contributed by atoms with E-state index >= 15 is 0 Å². The third-order valence-corrected chi connectivity index (χ3v) is 3.74. The topological polar surface area (TPSA) is 54.0 Å². The van der Waals surface area contributed by atoms with Crippen molar-refractivity contribution in [1.29, 1.82) is 0 Å². The lowest BCUT2D eigenvalue weighted by atomic mass is 10.2. The van der Waals surface area contributed by atoms with E-state index in [1.54, 1.807) is 19.4 Å². The molecule has 18 heavy (non-hydrogen) atoms. The number of nitrogens with zero attached hydrogens (tertiary/aromatic N) is 3. The number of methoxy groups -OCH3 is 1. The van der Waals surface area contributed by atoms with Crippen LogP contribution in [0.5, 0.6) is 0 Å². The number of anilines is 1. The lowest BCUT2D eigenvalue weighted by Gasteiger charge is -2.20. The van der Waals surface area contributed by atoms with Crippen LogP contribution in [0.2, 0.25) is 5.15 Å². The number of aromatic nitrogens is 3. The summed E-state index contributed by atoms with van der Waals surface area (Å²) in [6.45, 7) is 3.04. The van der Waals surface area contributed by atoms with Crippen LogP contribution in [0, 0.1) is 0 Å². The molecule has 96 valence electrons. The second kappa shape index (κ2) is 4.40. The Morgan fingerprint density at radius 1 is 1.56 bits per heavy atom. The van der Waals surface area contributed by atoms with Crippen LogP contribution >= 0.6 is 11.6 Å². The Labute approximate surface area is 110 Å². The van der Waals surface area contributed by atoms with Crippen LogP contribution in [0.1, 0.15) is 13.3 Å². The smallest absolute Gasteiger partial charge is 0.160 e. The van der Waals surface area contributed by atoms with Gasteiger partial charge in [-0.1, -0.05) is 11.6 Å². The third kappa shape index (κ3) is 1.83. The van der Waals surface area contributed by atoms with Gasteiger partial charge in [0.25, 0.3) is 0 Å². The number of ether oxygens (including phenoxy) is 1. The average Bonchev–Trinajstić information content (AvgIpc) is 2.91. The molecule has 1 aliphatic rings. The van der Waals surface area contributed by atoms with Crippen molar-refractivity contribution in [2.24, 2.45) is 0 Å². The fourth-order valence-corrected chi connectivity index (χ4v) is 2.70. The molecule has 6 heteroatoms. The van der Waals surface area contributed by atoms with Crippen molar-refractivity contribution in [3.05, 3.63) is 17.4 Å². The molecule has 0 aromatic carbocycles. The van der Waals surface area contributed by atoms with Crippen molar-refractivity contribution in [3.63, 3.8) is 0 Å². The van der Waals surface area contributed by atoms with Crippen LogP contribution in [-0.2, 0) is 4.74 Å². The van der Waals surface area contributed by atoms with E-state index < -0.39 is 0 Å². The monoisotopic (exact) mass is 266 g/mol. The maximum atomic E-state index is 5.87. The highest BCUT2D eigenvalue weighted by Crippen LogP contribution is 2.31. The van der Waals surface area contributed by atoms with Gasteiger partial charge >= 0.3 is 0 Å². The molecule has 0 spiro atoms. The molecule has 1 fully saturated rings. The molecule has 3 rings (SSSR count). The molecule has 1 N–H and O–H groups in total. The summed E-state index contributed by atoms with van der Waals surface area (Å²) in [4.78, 5) is 6.38. The summed E-state index contributed by atoms with van der Waals surface area (Å²) < 4.78 is 5.42. The minimum atomic E-state index is 0.270. The lowest BCUT2D eigenvalue weighted by molar-refractivity contribution is 0.119. The molecule has 0 aliphatic carbocycles. The number of nitrogens with one attached hydrogen (secondary N) is 1. The Morgan fingerprint density at radius 2 is 2.39 bits per heavy atom. The number of rotatable bonds is 2. The molecule has 2 atom stereocenters. The largest absolute Gasteiger partial charge is 0.380 e. The van der Waals surface area contributed by atoms with Gasteiger partial charge in [0.15, 0.2) is 5.82 Å². The average molecular weight is 267 g/mol. The van der Waals surface area contributed by atoms with Crippen LogP contribution in [0.25, 0.3) is 10.9 Å². The maximum Gasteiger partial charge on any atom is 0.160 e. The molecule has 1 saturated heterocycles. The fourth-order valence-electron chi connectivity index (χ4n) is 2.54. The van der Waals surface area contributed by atoms with Crippen molar-refractivity contribution in [3.8, 4) is 0 Å². The normalized spacial score (nSPS) is 24.1. The summed E-state index contributed by atoms with van der Waals surface area (Å²) in [6, 6.07) is 2.21. The molecule has 2 unspecified atom stereocenters. The van der Waals surface area contributed by atoms with Gasteiger partial charge in [-0.25, -0.2) is 4.98 Å². The molecule has 1 aliphatic heterocycles. The van der Waals surface area contributed by atoms with E-state index in [4.69, 9.17) is 16.3 Å². The molecule has 5 nitrogen and oxygen atoms in total. The molecule has 0 saturated carbocycles. The van der Waals surface area contributed by atoms with Gasteiger partial charge in [0.05, 0.1) is 17.0 Å². The fraction of sp³-hybridized carbons (Fsp3) is 0.500. The second-order valence-electron chi connectivity index (χ2n) is 4.69. The Morgan fingerprint density at radius 3 is 3.11 bits per heavy atom. The zero-order valence-electron chi connectivity index (χ0n) is 10.4. The Hall–Kier alpha value is -1.33. The molecule has 0 radical (unpaired) electrons. The summed E-state index contributed by atoms with van der Waals surface area (Å²) in [5.74, 6) is 0.932. The molecular formula is C12H15ClN4O. The highest BCUT2D eigenvalue weighted by atomic mass is 35.5. The van der Waals surface area contributed by atoms with E-state index in [-0.39, 0.29) is 6.10 Å². The van der Waals surface area contributed by atoms with E-state index in [0.717, 1.165) is 29.7 Å². The van der Waals surface area contributed by atoms with Gasteiger partial charge < -0.3 is 9.64 Å². The number of hydrogen-bond donors (Lipinski definition) is 1. The first-order valence-electron chi connectivity index (χ1n) is 5.98. The minimum Gasteiger partial charge on any atom is -0.380 e. The molecule has 2 aromatic heterocycles. The van der Waals surface area contributed by atoms with E-state index in [9.17, 15) is 0 Å². The maximum absolute atomic E-state index is 5.87. The molecule has 3 heterocycles. The Bertz CT molecular complexity index is 570. The first kappa shape index (κ1) is 11.7. The highest BCUT2D eigenvalue weighted by molar-refractivity contribution is 6.30. The van der Waals surface area contributed by atoms with Crippen molar-refractivity contribution in [1.82, 2.24) is 15.2 Å². The molecule has 0 amide bonds. The van der Waals surface area contributed by atoms with Gasteiger partial charge in [-0.05, 0) is 13.3 Å². The lowest BCUT2D eigenvalue weighted by Crippen LogP contribution is -2.28. The molecule has 2 aromatic rings. The standard InChI is InChI=1S/C12H15ClN4O/c1-7-3-8(18-2)6-17(7)12-9-5-14-11(13)4-10(9)15-16-12/h4-5,7-8H,3,6H2,1-2H3,(H,15,16). The van der Waals surface area contributed by atoms with Gasteiger partial charge in [0, 0.05) is 32.0 Å². The van der Waals surface area contributed by atoms with E-state index in [0.29, 0.717) is 11.2 Å². The van der Waals surface area contributed by atoms with Crippen molar-refractivity contribution >= 4 is 28.3 Å². The zero-order chi connectivity index (χ0) is 12.7. The summed E-state index contributed by atoms with van der Waals surface area (Å²) in [7, 11) is 1.75. The first-order valence-corrected chi connectivity index (χ1v) is 6.36. The number of H-pyrrole nitrogens is 1. The first-order chi connectivity index (χ1) is 8.69. The van der Waals surface area contributed by atoms with Gasteiger partial charge in [-0.2, -0.15) is 5.10 Å². The quantitative estimate of drug-likeness (QED) is 0.847. The van der Waals surface area contributed by atoms with Crippen LogP contribution in [0.15, 0.2) is 12.3 Å². The minimum absolute atomic E-state index is 0.270. The summed E-state index contributed by atoms with van der Waals surface area (Å²) in [6.07, 6.45) is 3.06. The predicted molar refractivity (Wildman–Crippen MR) is 71.1 cm³/mol. The summed E-state index contributed by atoms with van der Waals surface area (Å²) in [5, 5.41) is 8.86. The van der Waals surface area contributed by atoms with Gasteiger partial charge in [0.2, 0.25) is 0 Å². The predicted octanol–water partition coefficient (Wildman–Crippen LogP) is 2.22. The van der Waals surface area contributed by atoms with Crippen LogP contribution in [0.4, 0.5) is 5.82 Å². The number of halogens is 1. The van der Waals surface area contributed by atoms with Crippen molar-refractivity contribution in [2.45, 2.75) is 25.5 Å². The highest BCUT2D eigenvalue weighted by Gasteiger charge is 2.31. The van der Waals surface area contributed by atoms with E-state index in [2.05, 4.69) is 27.0 Å². The Kier molecular flexibility index (Phi) is 2.87. The van der Waals surface area contributed by atoms with E-state index in [1.165, 1.54) is 0 Å². The summed E-state index contributed by atoms with van der Waals surface area (Å²) >= 11 is 5.87. The zero-order valence-corrected chi connectivity index (χ0v) is 11.1.